The molecule has 1 atom stereocenters. The van der Waals surface area contributed by atoms with Gasteiger partial charge in [-0.25, -0.2) is 14.5 Å². The van der Waals surface area contributed by atoms with Crippen LogP contribution in [-0.4, -0.2) is 43.0 Å². The molecule has 1 fully saturated rings. The number of amides is 1. The predicted octanol–water partition coefficient (Wildman–Crippen LogP) is 5.36. The maximum atomic E-state index is 13.7. The van der Waals surface area contributed by atoms with Crippen LogP contribution in [0.3, 0.4) is 0 Å². The van der Waals surface area contributed by atoms with E-state index in [1.165, 1.54) is 0 Å². The molecule has 0 N–H and O–H groups in total. The molecular formula is C24H24ClN5OS. The van der Waals surface area contributed by atoms with Crippen molar-refractivity contribution in [2.45, 2.75) is 45.6 Å². The first-order valence-corrected chi connectivity index (χ1v) is 12.0. The highest BCUT2D eigenvalue weighted by Crippen LogP contribution is 2.32. The van der Waals surface area contributed by atoms with Crippen LogP contribution in [0, 0.1) is 13.8 Å². The van der Waals surface area contributed by atoms with Gasteiger partial charge in [0.15, 0.2) is 10.8 Å². The number of benzene rings is 1. The van der Waals surface area contributed by atoms with Crippen molar-refractivity contribution in [2.75, 3.05) is 6.54 Å². The summed E-state index contributed by atoms with van der Waals surface area (Å²) < 4.78 is 1.72. The standard InChI is InChI=1S/C24H24ClN5OS/c1-15-12-20-27-18(14-30(20)28-23(15)25)13-19-10-6-7-11-29(19)24(31)21-22(32-16(2)26-21)17-8-4-3-5-9-17/h3-5,8-9,12,14,19H,6-7,10-11,13H2,1-2H3. The second-order valence-electron chi connectivity index (χ2n) is 8.28. The van der Waals surface area contributed by atoms with Crippen molar-refractivity contribution in [2.24, 2.45) is 0 Å². The third kappa shape index (κ3) is 4.02. The highest BCUT2D eigenvalue weighted by atomic mass is 35.5. The molecule has 1 unspecified atom stereocenters. The molecule has 5 rings (SSSR count). The van der Waals surface area contributed by atoms with Gasteiger partial charge in [-0.3, -0.25) is 4.79 Å². The summed E-state index contributed by atoms with van der Waals surface area (Å²) in [6.45, 7) is 4.62. The van der Waals surface area contributed by atoms with E-state index in [1.54, 1.807) is 15.9 Å². The zero-order chi connectivity index (χ0) is 22.2. The zero-order valence-corrected chi connectivity index (χ0v) is 19.7. The number of likely N-dealkylation sites (tertiary alicyclic amines) is 1. The number of carbonyl (C=O) groups is 1. The summed E-state index contributed by atoms with van der Waals surface area (Å²) in [4.78, 5) is 26.0. The number of hydrogen-bond donors (Lipinski definition) is 0. The van der Waals surface area contributed by atoms with Crippen molar-refractivity contribution >= 4 is 34.5 Å². The largest absolute Gasteiger partial charge is 0.334 e. The molecule has 1 aromatic carbocycles. The average molecular weight is 466 g/mol. The number of hydrogen-bond acceptors (Lipinski definition) is 5. The van der Waals surface area contributed by atoms with Crippen molar-refractivity contribution in [3.05, 3.63) is 69.7 Å². The maximum absolute atomic E-state index is 13.7. The summed E-state index contributed by atoms with van der Waals surface area (Å²) in [6, 6.07) is 12.1. The smallest absolute Gasteiger partial charge is 0.274 e. The molecule has 0 saturated carbocycles. The van der Waals surface area contributed by atoms with Crippen molar-refractivity contribution in [3.63, 3.8) is 0 Å². The molecule has 32 heavy (non-hydrogen) atoms. The quantitative estimate of drug-likeness (QED) is 0.407. The highest BCUT2D eigenvalue weighted by molar-refractivity contribution is 7.15. The molecule has 1 aliphatic heterocycles. The summed E-state index contributed by atoms with van der Waals surface area (Å²) >= 11 is 7.75. The molecule has 0 spiro atoms. The van der Waals surface area contributed by atoms with Gasteiger partial charge in [0.2, 0.25) is 0 Å². The van der Waals surface area contributed by atoms with Crippen LogP contribution in [0.4, 0.5) is 0 Å². The first kappa shape index (κ1) is 21.1. The van der Waals surface area contributed by atoms with Crippen molar-refractivity contribution in [1.82, 2.24) is 24.5 Å². The monoisotopic (exact) mass is 465 g/mol. The number of halogens is 1. The van der Waals surface area contributed by atoms with E-state index in [0.29, 0.717) is 17.3 Å². The molecule has 6 nitrogen and oxygen atoms in total. The Kier molecular flexibility index (Phi) is 5.69. The number of nitrogens with zero attached hydrogens (tertiary/aromatic N) is 5. The predicted molar refractivity (Wildman–Crippen MR) is 127 cm³/mol. The van der Waals surface area contributed by atoms with Gasteiger partial charge in [-0.1, -0.05) is 41.9 Å². The van der Waals surface area contributed by atoms with Crippen molar-refractivity contribution in [3.8, 4) is 10.4 Å². The van der Waals surface area contributed by atoms with E-state index in [0.717, 1.165) is 58.2 Å². The third-order valence-electron chi connectivity index (χ3n) is 5.94. The first-order valence-electron chi connectivity index (χ1n) is 10.8. The summed E-state index contributed by atoms with van der Waals surface area (Å²) in [7, 11) is 0. The molecule has 1 saturated heterocycles. The van der Waals surface area contributed by atoms with E-state index in [2.05, 4.69) is 10.1 Å². The molecule has 3 aromatic heterocycles. The Labute approximate surface area is 195 Å². The Hall–Kier alpha value is -2.77. The van der Waals surface area contributed by atoms with Crippen molar-refractivity contribution < 1.29 is 4.79 Å². The van der Waals surface area contributed by atoms with Gasteiger partial charge in [0, 0.05) is 19.0 Å². The van der Waals surface area contributed by atoms with Crippen LogP contribution >= 0.6 is 22.9 Å². The van der Waals surface area contributed by atoms with Gasteiger partial charge < -0.3 is 4.90 Å². The third-order valence-corrected chi connectivity index (χ3v) is 7.33. The topological polar surface area (TPSA) is 63.4 Å². The Morgan fingerprint density at radius 3 is 2.81 bits per heavy atom. The van der Waals surface area contributed by atoms with Crippen LogP contribution in [-0.2, 0) is 6.42 Å². The van der Waals surface area contributed by atoms with E-state index >= 15 is 0 Å². The number of imidazole rings is 1. The van der Waals surface area contributed by atoms with Gasteiger partial charge in [0.05, 0.1) is 21.8 Å². The van der Waals surface area contributed by atoms with Crippen LogP contribution in [0.1, 0.15) is 46.0 Å². The SMILES string of the molecule is Cc1nc(C(=O)N2CCCCC2Cc2cn3nc(Cl)c(C)cc3n2)c(-c2ccccc2)s1. The number of aryl methyl sites for hydroxylation is 2. The van der Waals surface area contributed by atoms with Gasteiger partial charge in [-0.2, -0.15) is 5.10 Å². The fraction of sp³-hybridized carbons (Fsp3) is 0.333. The molecular weight excluding hydrogens is 442 g/mol. The van der Waals surface area contributed by atoms with E-state index in [4.69, 9.17) is 16.6 Å². The lowest BCUT2D eigenvalue weighted by Crippen LogP contribution is -2.45. The summed E-state index contributed by atoms with van der Waals surface area (Å²) in [5.74, 6) is 0.0127. The Morgan fingerprint density at radius 2 is 2.00 bits per heavy atom. The molecule has 0 aliphatic carbocycles. The normalized spacial score (nSPS) is 16.6. The summed E-state index contributed by atoms with van der Waals surface area (Å²) in [6.07, 6.45) is 5.67. The second kappa shape index (κ2) is 8.64. The van der Waals surface area contributed by atoms with Crippen LogP contribution in [0.15, 0.2) is 42.6 Å². The Bertz CT molecular complexity index is 1240. The van der Waals surface area contributed by atoms with Crippen LogP contribution in [0.5, 0.6) is 0 Å². The lowest BCUT2D eigenvalue weighted by Gasteiger charge is -2.35. The highest BCUT2D eigenvalue weighted by Gasteiger charge is 2.31. The lowest BCUT2D eigenvalue weighted by atomic mass is 9.97. The molecule has 1 amide bonds. The van der Waals surface area contributed by atoms with E-state index in [1.807, 2.05) is 61.3 Å². The van der Waals surface area contributed by atoms with Crippen LogP contribution in [0.2, 0.25) is 5.15 Å². The number of fused-ring (bicyclic) bond motifs is 1. The van der Waals surface area contributed by atoms with Gasteiger partial charge >= 0.3 is 0 Å². The van der Waals surface area contributed by atoms with E-state index in [-0.39, 0.29) is 11.9 Å². The average Bonchev–Trinajstić information content (AvgIpc) is 3.37. The van der Waals surface area contributed by atoms with E-state index in [9.17, 15) is 4.79 Å². The van der Waals surface area contributed by atoms with Gasteiger partial charge in [-0.15, -0.1) is 11.3 Å². The molecule has 4 heterocycles. The number of carbonyl (C=O) groups excluding carboxylic acids is 1. The number of thiazole rings is 1. The second-order valence-corrected chi connectivity index (χ2v) is 9.84. The molecule has 0 bridgehead atoms. The lowest BCUT2D eigenvalue weighted by molar-refractivity contribution is 0.0608. The molecule has 4 aromatic rings. The molecule has 164 valence electrons. The summed E-state index contributed by atoms with van der Waals surface area (Å²) in [5, 5.41) is 5.75. The minimum Gasteiger partial charge on any atom is -0.334 e. The fourth-order valence-corrected chi connectivity index (χ4v) is 5.40. The number of piperidine rings is 1. The van der Waals surface area contributed by atoms with Gasteiger partial charge in [0.1, 0.15) is 5.69 Å². The fourth-order valence-electron chi connectivity index (χ4n) is 4.35. The van der Waals surface area contributed by atoms with E-state index < -0.39 is 0 Å². The van der Waals surface area contributed by atoms with Crippen LogP contribution in [0.25, 0.3) is 16.1 Å². The maximum Gasteiger partial charge on any atom is 0.274 e. The van der Waals surface area contributed by atoms with Gasteiger partial charge in [0.25, 0.3) is 5.91 Å². The van der Waals surface area contributed by atoms with Crippen LogP contribution < -0.4 is 0 Å². The molecule has 8 heteroatoms. The zero-order valence-electron chi connectivity index (χ0n) is 18.1. The minimum atomic E-state index is 0.0127. The molecule has 0 radical (unpaired) electrons. The molecule has 1 aliphatic rings. The van der Waals surface area contributed by atoms with Crippen molar-refractivity contribution in [1.29, 1.82) is 0 Å². The Balaban J connectivity index is 1.44. The number of aromatic nitrogens is 4. The number of rotatable bonds is 4. The Morgan fingerprint density at radius 1 is 1.19 bits per heavy atom. The van der Waals surface area contributed by atoms with Gasteiger partial charge in [-0.05, 0) is 50.3 Å². The first-order chi connectivity index (χ1) is 15.5. The minimum absolute atomic E-state index is 0.0127. The summed E-state index contributed by atoms with van der Waals surface area (Å²) in [5.41, 5.74) is 4.19.